The number of benzene rings is 6. The fourth-order valence-electron chi connectivity index (χ4n) is 7.82. The summed E-state index contributed by atoms with van der Waals surface area (Å²) in [6.45, 7) is 4.65. The molecule has 6 aromatic carbocycles. The van der Waals surface area contributed by atoms with Gasteiger partial charge in [-0.25, -0.2) is 0 Å². The Labute approximate surface area is 260 Å². The van der Waals surface area contributed by atoms with Crippen molar-refractivity contribution in [3.8, 4) is 22.5 Å². The van der Waals surface area contributed by atoms with E-state index in [-0.39, 0.29) is 5.41 Å². The van der Waals surface area contributed by atoms with Crippen molar-refractivity contribution in [2.75, 3.05) is 0 Å². The Morgan fingerprint density at radius 3 is 1.49 bits per heavy atom. The summed E-state index contributed by atoms with van der Waals surface area (Å²) in [5.41, 5.74) is 13.0. The fraction of sp³-hybridized carbons (Fsp3) is 0.0732. The van der Waals surface area contributed by atoms with Gasteiger partial charge in [0.15, 0.2) is 0 Å². The summed E-state index contributed by atoms with van der Waals surface area (Å²) in [5.74, 6) is 0. The number of rotatable bonds is 4. The zero-order valence-corrected chi connectivity index (χ0v) is 25.1. The zero-order chi connectivity index (χ0) is 30.4. The minimum absolute atomic E-state index is 0.138. The SMILES string of the molecule is CC1(C)c2ccccc2-c2cc3c4ccccc4n(-c4cc(C=N)c(C=N)cc4-n4c5ccccc5c5ccccc54)c3cc21. The van der Waals surface area contributed by atoms with E-state index in [0.717, 1.165) is 33.4 Å². The van der Waals surface area contributed by atoms with Gasteiger partial charge in [-0.15, -0.1) is 0 Å². The minimum Gasteiger partial charge on any atom is -0.308 e. The van der Waals surface area contributed by atoms with Gasteiger partial charge in [0.25, 0.3) is 0 Å². The van der Waals surface area contributed by atoms with E-state index in [1.807, 2.05) is 0 Å². The summed E-state index contributed by atoms with van der Waals surface area (Å²) in [4.78, 5) is 0. The summed E-state index contributed by atoms with van der Waals surface area (Å²) >= 11 is 0. The Morgan fingerprint density at radius 1 is 0.467 bits per heavy atom. The predicted octanol–water partition coefficient (Wildman–Crippen LogP) is 10.2. The first-order chi connectivity index (χ1) is 22.0. The molecule has 0 saturated heterocycles. The van der Waals surface area contributed by atoms with Gasteiger partial charge in [-0.05, 0) is 64.7 Å². The fourth-order valence-corrected chi connectivity index (χ4v) is 7.82. The normalized spacial score (nSPS) is 13.5. The van der Waals surface area contributed by atoms with E-state index in [4.69, 9.17) is 10.8 Å². The Balaban J connectivity index is 1.46. The van der Waals surface area contributed by atoms with Crippen molar-refractivity contribution in [1.82, 2.24) is 9.13 Å². The summed E-state index contributed by atoms with van der Waals surface area (Å²) < 4.78 is 4.71. The molecule has 4 nitrogen and oxygen atoms in total. The van der Waals surface area contributed by atoms with E-state index in [2.05, 4.69) is 144 Å². The topological polar surface area (TPSA) is 57.6 Å². The van der Waals surface area contributed by atoms with Crippen LogP contribution in [0.15, 0.2) is 121 Å². The van der Waals surface area contributed by atoms with Crippen LogP contribution in [0.5, 0.6) is 0 Å². The maximum Gasteiger partial charge on any atom is 0.0709 e. The van der Waals surface area contributed by atoms with E-state index in [1.165, 1.54) is 56.2 Å². The number of fused-ring (bicyclic) bond motifs is 9. The van der Waals surface area contributed by atoms with Gasteiger partial charge in [-0.1, -0.05) is 92.7 Å². The zero-order valence-electron chi connectivity index (χ0n) is 25.1. The lowest BCUT2D eigenvalue weighted by Gasteiger charge is -2.22. The van der Waals surface area contributed by atoms with Crippen molar-refractivity contribution in [3.05, 3.63) is 144 Å². The first kappa shape index (κ1) is 25.7. The Kier molecular flexibility index (Phi) is 5.22. The highest BCUT2D eigenvalue weighted by Gasteiger charge is 2.36. The van der Waals surface area contributed by atoms with Crippen LogP contribution in [0.3, 0.4) is 0 Å². The summed E-state index contributed by atoms with van der Waals surface area (Å²) in [6, 6.07) is 43.5. The first-order valence-electron chi connectivity index (χ1n) is 15.4. The third kappa shape index (κ3) is 3.37. The molecule has 4 heteroatoms. The van der Waals surface area contributed by atoms with Crippen LogP contribution in [-0.4, -0.2) is 21.6 Å². The molecule has 0 aliphatic heterocycles. The molecule has 2 N–H and O–H groups in total. The van der Waals surface area contributed by atoms with Crippen molar-refractivity contribution in [2.24, 2.45) is 0 Å². The van der Waals surface area contributed by atoms with Gasteiger partial charge in [0.1, 0.15) is 0 Å². The molecule has 0 unspecified atom stereocenters. The van der Waals surface area contributed by atoms with Gasteiger partial charge < -0.3 is 20.0 Å². The molecule has 9 rings (SSSR count). The van der Waals surface area contributed by atoms with Crippen LogP contribution in [0, 0.1) is 10.8 Å². The molecule has 0 radical (unpaired) electrons. The van der Waals surface area contributed by atoms with E-state index in [0.29, 0.717) is 11.1 Å². The van der Waals surface area contributed by atoms with Gasteiger partial charge >= 0.3 is 0 Å². The molecule has 1 aliphatic rings. The summed E-state index contributed by atoms with van der Waals surface area (Å²) in [7, 11) is 0. The molecule has 45 heavy (non-hydrogen) atoms. The molecule has 0 saturated carbocycles. The van der Waals surface area contributed by atoms with E-state index in [9.17, 15) is 0 Å². The lowest BCUT2D eigenvalue weighted by atomic mass is 9.82. The molecule has 8 aromatic rings. The molecule has 0 atom stereocenters. The standard InChI is InChI=1S/C41H30N4/c1-41(2)33-15-7-3-11-27(33)31-21-32-30-14-6-10-18-37(30)45(38(32)22-34(31)41)40-20-26(24-43)25(23-42)19-39(40)44-35-16-8-4-12-28(35)29-13-5-9-17-36(29)44/h3-24,42-43H,1-2H3. The predicted molar refractivity (Wildman–Crippen MR) is 188 cm³/mol. The summed E-state index contributed by atoms with van der Waals surface area (Å²) in [5, 5.41) is 21.4. The molecule has 0 fully saturated rings. The Bertz CT molecular complexity index is 2500. The van der Waals surface area contributed by atoms with Gasteiger partial charge in [-0.3, -0.25) is 0 Å². The van der Waals surface area contributed by atoms with Gasteiger partial charge in [0.2, 0.25) is 0 Å². The molecule has 214 valence electrons. The number of hydrogen-bond acceptors (Lipinski definition) is 2. The molecule has 0 bridgehead atoms. The monoisotopic (exact) mass is 578 g/mol. The van der Waals surface area contributed by atoms with E-state index in [1.54, 1.807) is 0 Å². The van der Waals surface area contributed by atoms with Crippen LogP contribution in [0.4, 0.5) is 0 Å². The van der Waals surface area contributed by atoms with Crippen LogP contribution in [0.2, 0.25) is 0 Å². The minimum atomic E-state index is -0.138. The molecule has 0 amide bonds. The number of nitrogens with zero attached hydrogens (tertiary/aromatic N) is 2. The second-order valence-electron chi connectivity index (χ2n) is 12.6. The van der Waals surface area contributed by atoms with Crippen LogP contribution in [0.1, 0.15) is 36.1 Å². The van der Waals surface area contributed by atoms with Crippen molar-refractivity contribution in [3.63, 3.8) is 0 Å². The average molecular weight is 579 g/mol. The molecule has 2 heterocycles. The lowest BCUT2D eigenvalue weighted by Crippen LogP contribution is -2.15. The first-order valence-corrected chi connectivity index (χ1v) is 15.4. The highest BCUT2D eigenvalue weighted by molar-refractivity contribution is 6.13. The van der Waals surface area contributed by atoms with Crippen molar-refractivity contribution in [1.29, 1.82) is 10.8 Å². The van der Waals surface area contributed by atoms with Crippen molar-refractivity contribution in [2.45, 2.75) is 19.3 Å². The molecule has 0 spiro atoms. The Morgan fingerprint density at radius 2 is 0.933 bits per heavy atom. The van der Waals surface area contributed by atoms with Gasteiger partial charge in [-0.2, -0.15) is 0 Å². The third-order valence-corrected chi connectivity index (χ3v) is 9.93. The lowest BCUT2D eigenvalue weighted by molar-refractivity contribution is 0.661. The molecular weight excluding hydrogens is 548 g/mol. The summed E-state index contributed by atoms with van der Waals surface area (Å²) in [6.07, 6.45) is 2.73. The maximum atomic E-state index is 8.33. The van der Waals surface area contributed by atoms with Gasteiger partial charge in [0, 0.05) is 50.5 Å². The number of hydrogen-bond donors (Lipinski definition) is 2. The smallest absolute Gasteiger partial charge is 0.0709 e. The van der Waals surface area contributed by atoms with Crippen LogP contribution >= 0.6 is 0 Å². The average Bonchev–Trinajstić information content (AvgIpc) is 3.67. The second-order valence-corrected chi connectivity index (χ2v) is 12.6. The van der Waals surface area contributed by atoms with Gasteiger partial charge in [0.05, 0.1) is 33.4 Å². The van der Waals surface area contributed by atoms with Crippen molar-refractivity contribution < 1.29 is 0 Å². The quantitative estimate of drug-likeness (QED) is 0.195. The number of para-hydroxylation sites is 3. The number of aromatic nitrogens is 2. The number of nitrogens with one attached hydrogen (secondary N) is 2. The molecule has 2 aromatic heterocycles. The van der Waals surface area contributed by atoms with Crippen LogP contribution in [-0.2, 0) is 5.41 Å². The van der Waals surface area contributed by atoms with Crippen LogP contribution in [0.25, 0.3) is 66.1 Å². The Hall–Kier alpha value is -5.74. The van der Waals surface area contributed by atoms with Crippen molar-refractivity contribution >= 4 is 56.0 Å². The second kappa shape index (κ2) is 9.13. The molecule has 1 aliphatic carbocycles. The molecular formula is C41H30N4. The highest BCUT2D eigenvalue weighted by atomic mass is 15.1. The largest absolute Gasteiger partial charge is 0.308 e. The maximum absolute atomic E-state index is 8.33. The van der Waals surface area contributed by atoms with E-state index >= 15 is 0 Å². The van der Waals surface area contributed by atoms with Crippen LogP contribution < -0.4 is 0 Å². The highest BCUT2D eigenvalue weighted by Crippen LogP contribution is 2.51. The van der Waals surface area contributed by atoms with E-state index < -0.39 is 0 Å². The third-order valence-electron chi connectivity index (χ3n) is 9.93.